The van der Waals surface area contributed by atoms with Crippen molar-refractivity contribution >= 4 is 18.0 Å². The van der Waals surface area contributed by atoms with Gasteiger partial charge in [0.25, 0.3) is 5.91 Å². The van der Waals surface area contributed by atoms with Crippen LogP contribution in [0.25, 0.3) is 0 Å². The van der Waals surface area contributed by atoms with E-state index in [9.17, 15) is 14.4 Å². The van der Waals surface area contributed by atoms with E-state index in [4.69, 9.17) is 10.5 Å². The number of hydrogen-bond acceptors (Lipinski definition) is 6. The fourth-order valence-electron chi connectivity index (χ4n) is 1.31. The van der Waals surface area contributed by atoms with Gasteiger partial charge < -0.3 is 15.2 Å². The number of carbonyl (C=O) groups is 3. The van der Waals surface area contributed by atoms with Crippen LogP contribution in [-0.4, -0.2) is 48.2 Å². The Morgan fingerprint density at radius 2 is 2.12 bits per heavy atom. The second-order valence-corrected chi connectivity index (χ2v) is 3.92. The van der Waals surface area contributed by atoms with Crippen molar-refractivity contribution in [2.45, 2.75) is 25.5 Å². The molecular weight excluding hydrogens is 216 g/mol. The maximum absolute atomic E-state index is 11.7. The lowest BCUT2D eigenvalue weighted by Gasteiger charge is -2.16. The summed E-state index contributed by atoms with van der Waals surface area (Å²) >= 11 is 0. The summed E-state index contributed by atoms with van der Waals surface area (Å²) in [6.45, 7) is 2.70. The van der Waals surface area contributed by atoms with Crippen molar-refractivity contribution in [2.24, 2.45) is 5.73 Å². The molecule has 1 saturated heterocycles. The van der Waals surface area contributed by atoms with Crippen LogP contribution in [0.15, 0.2) is 0 Å². The normalized spacial score (nSPS) is 20.6. The van der Waals surface area contributed by atoms with E-state index in [1.165, 1.54) is 21.0 Å². The van der Waals surface area contributed by atoms with Crippen LogP contribution in [0.4, 0.5) is 4.79 Å². The number of amides is 2. The largest absolute Gasteiger partial charge is 0.468 e. The number of cyclic esters (lactones) is 1. The number of carbonyl (C=O) groups excluding carboxylic acids is 3. The average molecular weight is 230 g/mol. The average Bonchev–Trinajstić information content (AvgIpc) is 2.39. The summed E-state index contributed by atoms with van der Waals surface area (Å²) in [5, 5.41) is 0. The van der Waals surface area contributed by atoms with Crippen molar-refractivity contribution < 1.29 is 23.9 Å². The van der Waals surface area contributed by atoms with Gasteiger partial charge >= 0.3 is 12.1 Å². The molecule has 0 saturated carbocycles. The van der Waals surface area contributed by atoms with E-state index in [-0.39, 0.29) is 6.54 Å². The highest BCUT2D eigenvalue weighted by Gasteiger charge is 2.47. The van der Waals surface area contributed by atoms with Gasteiger partial charge in [-0.05, 0) is 13.8 Å². The van der Waals surface area contributed by atoms with Crippen molar-refractivity contribution in [3.63, 3.8) is 0 Å². The zero-order valence-electron chi connectivity index (χ0n) is 9.35. The third-order valence-corrected chi connectivity index (χ3v) is 2.21. The van der Waals surface area contributed by atoms with Gasteiger partial charge in [0.15, 0.2) is 5.60 Å². The summed E-state index contributed by atoms with van der Waals surface area (Å²) in [4.78, 5) is 34.8. The maximum Gasteiger partial charge on any atom is 0.417 e. The van der Waals surface area contributed by atoms with Gasteiger partial charge in [0.1, 0.15) is 6.04 Å². The number of esters is 1. The Bertz CT molecular complexity index is 339. The molecule has 1 atom stereocenters. The molecule has 0 spiro atoms. The van der Waals surface area contributed by atoms with E-state index in [0.29, 0.717) is 0 Å². The number of imide groups is 1. The Kier molecular flexibility index (Phi) is 3.18. The fraction of sp³-hybridized carbons (Fsp3) is 0.667. The summed E-state index contributed by atoms with van der Waals surface area (Å²) in [6.07, 6.45) is -0.797. The lowest BCUT2D eigenvalue weighted by molar-refractivity contribution is -0.143. The van der Waals surface area contributed by atoms with Crippen LogP contribution in [0.3, 0.4) is 0 Å². The summed E-state index contributed by atoms with van der Waals surface area (Å²) in [5.74, 6) is -1.21. The van der Waals surface area contributed by atoms with Crippen molar-refractivity contribution in [2.75, 3.05) is 13.7 Å². The van der Waals surface area contributed by atoms with Gasteiger partial charge in [-0.25, -0.2) is 9.69 Å². The van der Waals surface area contributed by atoms with E-state index >= 15 is 0 Å². The molecule has 0 aromatic carbocycles. The zero-order chi connectivity index (χ0) is 12.5. The lowest BCUT2D eigenvalue weighted by Crippen LogP contribution is -2.46. The minimum absolute atomic E-state index is 0.242. The summed E-state index contributed by atoms with van der Waals surface area (Å²) in [5.41, 5.74) is 4.24. The number of nitrogens with zero attached hydrogens (tertiary/aromatic N) is 1. The van der Waals surface area contributed by atoms with Crippen LogP contribution in [0, 0.1) is 0 Å². The molecule has 0 aromatic rings. The van der Waals surface area contributed by atoms with Crippen molar-refractivity contribution in [3.05, 3.63) is 0 Å². The number of rotatable bonds is 3. The fourth-order valence-corrected chi connectivity index (χ4v) is 1.31. The number of ether oxygens (including phenoxy) is 2. The van der Waals surface area contributed by atoms with Crippen molar-refractivity contribution in [3.8, 4) is 0 Å². The first-order chi connectivity index (χ1) is 7.29. The van der Waals surface area contributed by atoms with Gasteiger partial charge in [-0.15, -0.1) is 0 Å². The van der Waals surface area contributed by atoms with E-state index in [0.717, 1.165) is 4.90 Å². The topological polar surface area (TPSA) is 98.9 Å². The predicted molar refractivity (Wildman–Crippen MR) is 52.3 cm³/mol. The van der Waals surface area contributed by atoms with Gasteiger partial charge in [-0.1, -0.05) is 0 Å². The Morgan fingerprint density at radius 3 is 2.50 bits per heavy atom. The standard InChI is InChI=1S/C9H14N2O5/c1-9(2)7(13)11(8(14)16-9)4-5(10)6(12)15-3/h5H,4,10H2,1-3H3/t5-/m1/s1. The first kappa shape index (κ1) is 12.4. The first-order valence-electron chi connectivity index (χ1n) is 4.68. The Labute approximate surface area is 92.5 Å². The molecular formula is C9H14N2O5. The monoisotopic (exact) mass is 230 g/mol. The van der Waals surface area contributed by atoms with E-state index in [2.05, 4.69) is 4.74 Å². The van der Waals surface area contributed by atoms with E-state index in [1.807, 2.05) is 0 Å². The highest BCUT2D eigenvalue weighted by atomic mass is 16.6. The second-order valence-electron chi connectivity index (χ2n) is 3.92. The number of methoxy groups -OCH3 is 1. The molecule has 1 aliphatic rings. The van der Waals surface area contributed by atoms with Crippen LogP contribution >= 0.6 is 0 Å². The second kappa shape index (κ2) is 4.09. The maximum atomic E-state index is 11.7. The molecule has 16 heavy (non-hydrogen) atoms. The minimum Gasteiger partial charge on any atom is -0.468 e. The van der Waals surface area contributed by atoms with Crippen molar-refractivity contribution in [1.29, 1.82) is 0 Å². The summed E-state index contributed by atoms with van der Waals surface area (Å²) in [6, 6.07) is -1.06. The third kappa shape index (κ3) is 2.13. The highest BCUT2D eigenvalue weighted by molar-refractivity contribution is 6.02. The molecule has 1 heterocycles. The molecule has 90 valence electrons. The first-order valence-corrected chi connectivity index (χ1v) is 4.68. The third-order valence-electron chi connectivity index (χ3n) is 2.21. The molecule has 0 bridgehead atoms. The van der Waals surface area contributed by atoms with Gasteiger partial charge in [0, 0.05) is 0 Å². The highest BCUT2D eigenvalue weighted by Crippen LogP contribution is 2.23. The summed E-state index contributed by atoms with van der Waals surface area (Å²) in [7, 11) is 1.18. The molecule has 1 aliphatic heterocycles. The van der Waals surface area contributed by atoms with Crippen LogP contribution in [0.2, 0.25) is 0 Å². The van der Waals surface area contributed by atoms with Crippen LogP contribution in [-0.2, 0) is 19.1 Å². The number of hydrogen-bond donors (Lipinski definition) is 1. The molecule has 2 amide bonds. The molecule has 1 rings (SSSR count). The van der Waals surface area contributed by atoms with Crippen LogP contribution in [0.1, 0.15) is 13.8 Å². The molecule has 0 aromatic heterocycles. The molecule has 2 N–H and O–H groups in total. The predicted octanol–water partition coefficient (Wildman–Crippen LogP) is -0.756. The smallest absolute Gasteiger partial charge is 0.417 e. The van der Waals surface area contributed by atoms with E-state index in [1.54, 1.807) is 0 Å². The van der Waals surface area contributed by atoms with Gasteiger partial charge in [-0.2, -0.15) is 0 Å². The Morgan fingerprint density at radius 1 is 1.56 bits per heavy atom. The SMILES string of the molecule is COC(=O)[C@H](N)CN1C(=O)OC(C)(C)C1=O. The van der Waals surface area contributed by atoms with Gasteiger partial charge in [-0.3, -0.25) is 9.59 Å². The zero-order valence-corrected chi connectivity index (χ0v) is 9.35. The Hall–Kier alpha value is -1.63. The lowest BCUT2D eigenvalue weighted by atomic mass is 10.1. The Balaban J connectivity index is 2.72. The quantitative estimate of drug-likeness (QED) is 0.640. The number of nitrogens with two attached hydrogens (primary N) is 1. The molecule has 0 radical (unpaired) electrons. The van der Waals surface area contributed by atoms with Crippen molar-refractivity contribution in [1.82, 2.24) is 4.90 Å². The summed E-state index contributed by atoms with van der Waals surface area (Å²) < 4.78 is 9.21. The van der Waals surface area contributed by atoms with Crippen LogP contribution < -0.4 is 5.73 Å². The van der Waals surface area contributed by atoms with E-state index < -0.39 is 29.6 Å². The molecule has 0 aliphatic carbocycles. The van der Waals surface area contributed by atoms with Gasteiger partial charge in [0.05, 0.1) is 13.7 Å². The minimum atomic E-state index is -1.20. The van der Waals surface area contributed by atoms with Gasteiger partial charge in [0.2, 0.25) is 0 Å². The molecule has 7 nitrogen and oxygen atoms in total. The van der Waals surface area contributed by atoms with Crippen LogP contribution in [0.5, 0.6) is 0 Å². The molecule has 0 unspecified atom stereocenters. The molecule has 1 fully saturated rings. The molecule has 7 heteroatoms.